The average Bonchev–Trinajstić information content (AvgIpc) is 2.19. The van der Waals surface area contributed by atoms with Crippen molar-refractivity contribution in [3.8, 4) is 0 Å². The lowest BCUT2D eigenvalue weighted by molar-refractivity contribution is 0.194. The number of azide groups is 1. The Hall–Kier alpha value is -0.730. The SMILES string of the molecule is C.[N-]=[N+]=N[C@H]1CCOC1. The van der Waals surface area contributed by atoms with E-state index in [0.717, 1.165) is 13.0 Å². The van der Waals surface area contributed by atoms with E-state index in [0.29, 0.717) is 6.61 Å². The molecule has 0 aromatic rings. The van der Waals surface area contributed by atoms with Crippen molar-refractivity contribution in [2.45, 2.75) is 19.9 Å². The van der Waals surface area contributed by atoms with Crippen molar-refractivity contribution >= 4 is 0 Å². The highest BCUT2D eigenvalue weighted by Crippen LogP contribution is 2.06. The van der Waals surface area contributed by atoms with Crippen LogP contribution in [-0.2, 0) is 4.74 Å². The molecule has 1 heterocycles. The first-order valence-corrected chi connectivity index (χ1v) is 2.55. The second kappa shape index (κ2) is 4.18. The molecule has 0 bridgehead atoms. The zero-order chi connectivity index (χ0) is 5.82. The van der Waals surface area contributed by atoms with Crippen molar-refractivity contribution in [1.82, 2.24) is 0 Å². The second-order valence-corrected chi connectivity index (χ2v) is 1.72. The van der Waals surface area contributed by atoms with Gasteiger partial charge in [-0.25, -0.2) is 0 Å². The molecule has 1 saturated heterocycles. The molecule has 1 aliphatic rings. The Morgan fingerprint density at radius 2 is 2.44 bits per heavy atom. The summed E-state index contributed by atoms with van der Waals surface area (Å²) < 4.78 is 4.94. The molecule has 1 atom stereocenters. The number of hydrogen-bond acceptors (Lipinski definition) is 2. The predicted octanol–water partition coefficient (Wildman–Crippen LogP) is 1.72. The number of ether oxygens (including phenoxy) is 1. The normalized spacial score (nSPS) is 24.2. The standard InChI is InChI=1S/C4H7N3O.CH4/c5-7-6-4-1-2-8-3-4;/h4H,1-3H2;1H4/t4-;/m0./s1. The van der Waals surface area contributed by atoms with E-state index < -0.39 is 0 Å². The van der Waals surface area contributed by atoms with Crippen molar-refractivity contribution in [1.29, 1.82) is 0 Å². The van der Waals surface area contributed by atoms with Gasteiger partial charge < -0.3 is 4.74 Å². The summed E-state index contributed by atoms with van der Waals surface area (Å²) in [5.74, 6) is 0. The van der Waals surface area contributed by atoms with Gasteiger partial charge in [0, 0.05) is 11.5 Å². The largest absolute Gasteiger partial charge is 0.381 e. The summed E-state index contributed by atoms with van der Waals surface area (Å²) in [4.78, 5) is 2.66. The third kappa shape index (κ3) is 2.35. The molecule has 52 valence electrons. The molecule has 1 rings (SSSR count). The maximum atomic E-state index is 7.93. The van der Waals surface area contributed by atoms with Crippen LogP contribution in [0, 0.1) is 0 Å². The van der Waals surface area contributed by atoms with Crippen LogP contribution < -0.4 is 0 Å². The Kier molecular flexibility index (Phi) is 3.84. The van der Waals surface area contributed by atoms with Gasteiger partial charge in [0.15, 0.2) is 0 Å². The fraction of sp³-hybridized carbons (Fsp3) is 1.00. The highest BCUT2D eigenvalue weighted by molar-refractivity contribution is 4.70. The summed E-state index contributed by atoms with van der Waals surface area (Å²) in [6.07, 6.45) is 0.879. The summed E-state index contributed by atoms with van der Waals surface area (Å²) >= 11 is 0. The van der Waals surface area contributed by atoms with Crippen molar-refractivity contribution < 1.29 is 4.74 Å². The first-order chi connectivity index (χ1) is 3.93. The van der Waals surface area contributed by atoms with Gasteiger partial charge in [0.05, 0.1) is 12.6 Å². The summed E-state index contributed by atoms with van der Waals surface area (Å²) in [6, 6.07) is 0.0972. The Bertz CT molecular complexity index is 113. The van der Waals surface area contributed by atoms with Crippen LogP contribution >= 0.6 is 0 Å². The zero-order valence-electron chi connectivity index (χ0n) is 4.45. The van der Waals surface area contributed by atoms with E-state index in [-0.39, 0.29) is 13.5 Å². The van der Waals surface area contributed by atoms with E-state index in [2.05, 4.69) is 10.0 Å². The van der Waals surface area contributed by atoms with Gasteiger partial charge in [0.2, 0.25) is 0 Å². The summed E-state index contributed by atoms with van der Waals surface area (Å²) in [7, 11) is 0. The highest BCUT2D eigenvalue weighted by atomic mass is 16.5. The molecule has 1 fully saturated rings. The molecular formula is C5H11N3O. The van der Waals surface area contributed by atoms with Crippen molar-refractivity contribution in [3.05, 3.63) is 10.4 Å². The first kappa shape index (κ1) is 8.27. The van der Waals surface area contributed by atoms with Crippen LogP contribution in [0.15, 0.2) is 5.11 Å². The predicted molar refractivity (Wildman–Crippen MR) is 35.1 cm³/mol. The molecule has 0 aliphatic carbocycles. The smallest absolute Gasteiger partial charge is 0.0629 e. The molecule has 0 aromatic carbocycles. The molecule has 4 nitrogen and oxygen atoms in total. The Morgan fingerprint density at radius 3 is 2.89 bits per heavy atom. The van der Waals surface area contributed by atoms with Gasteiger partial charge >= 0.3 is 0 Å². The summed E-state index contributed by atoms with van der Waals surface area (Å²) in [5.41, 5.74) is 7.93. The van der Waals surface area contributed by atoms with Crippen molar-refractivity contribution in [2.24, 2.45) is 5.11 Å². The zero-order valence-corrected chi connectivity index (χ0v) is 4.45. The molecule has 0 N–H and O–H groups in total. The molecule has 0 amide bonds. The van der Waals surface area contributed by atoms with Crippen LogP contribution in [0.1, 0.15) is 13.8 Å². The third-order valence-corrected chi connectivity index (χ3v) is 1.12. The van der Waals surface area contributed by atoms with E-state index in [9.17, 15) is 0 Å². The van der Waals surface area contributed by atoms with Crippen molar-refractivity contribution in [3.63, 3.8) is 0 Å². The monoisotopic (exact) mass is 129 g/mol. The van der Waals surface area contributed by atoms with Crippen LogP contribution in [0.25, 0.3) is 10.4 Å². The van der Waals surface area contributed by atoms with E-state index in [1.807, 2.05) is 0 Å². The van der Waals surface area contributed by atoms with Crippen LogP contribution in [0.5, 0.6) is 0 Å². The van der Waals surface area contributed by atoms with Gasteiger partial charge in [-0.05, 0) is 12.0 Å². The molecular weight excluding hydrogens is 118 g/mol. The second-order valence-electron chi connectivity index (χ2n) is 1.72. The van der Waals surface area contributed by atoms with Gasteiger partial charge in [0.25, 0.3) is 0 Å². The van der Waals surface area contributed by atoms with E-state index in [4.69, 9.17) is 10.3 Å². The maximum absolute atomic E-state index is 7.93. The van der Waals surface area contributed by atoms with Gasteiger partial charge in [-0.2, -0.15) is 0 Å². The minimum absolute atomic E-state index is 0. The molecule has 0 saturated carbocycles. The fourth-order valence-corrected chi connectivity index (χ4v) is 0.686. The number of hydrogen-bond donors (Lipinski definition) is 0. The average molecular weight is 129 g/mol. The Morgan fingerprint density at radius 1 is 1.67 bits per heavy atom. The lowest BCUT2D eigenvalue weighted by atomic mass is 10.3. The quantitative estimate of drug-likeness (QED) is 0.302. The van der Waals surface area contributed by atoms with E-state index >= 15 is 0 Å². The number of rotatable bonds is 1. The van der Waals surface area contributed by atoms with Crippen LogP contribution in [0.2, 0.25) is 0 Å². The molecule has 4 heteroatoms. The van der Waals surface area contributed by atoms with Gasteiger partial charge in [-0.1, -0.05) is 12.5 Å². The van der Waals surface area contributed by atoms with Gasteiger partial charge in [0.1, 0.15) is 0 Å². The van der Waals surface area contributed by atoms with Crippen LogP contribution in [0.4, 0.5) is 0 Å². The van der Waals surface area contributed by atoms with Gasteiger partial charge in [-0.3, -0.25) is 0 Å². The Labute approximate surface area is 54.4 Å². The fourth-order valence-electron chi connectivity index (χ4n) is 0.686. The lowest BCUT2D eigenvalue weighted by Gasteiger charge is -1.90. The Balaban J connectivity index is 0.000000640. The minimum atomic E-state index is 0. The maximum Gasteiger partial charge on any atom is 0.0629 e. The topological polar surface area (TPSA) is 58.0 Å². The van der Waals surface area contributed by atoms with E-state index in [1.54, 1.807) is 0 Å². The summed E-state index contributed by atoms with van der Waals surface area (Å²) in [6.45, 7) is 1.34. The van der Waals surface area contributed by atoms with Crippen molar-refractivity contribution in [2.75, 3.05) is 13.2 Å². The molecule has 0 unspecified atom stereocenters. The molecule has 0 aromatic heterocycles. The molecule has 0 radical (unpaired) electrons. The van der Waals surface area contributed by atoms with E-state index in [1.165, 1.54) is 0 Å². The highest BCUT2D eigenvalue weighted by Gasteiger charge is 2.12. The van der Waals surface area contributed by atoms with Crippen LogP contribution in [0.3, 0.4) is 0 Å². The first-order valence-electron chi connectivity index (χ1n) is 2.55. The minimum Gasteiger partial charge on any atom is -0.381 e. The third-order valence-electron chi connectivity index (χ3n) is 1.12. The molecule has 9 heavy (non-hydrogen) atoms. The lowest BCUT2D eigenvalue weighted by Crippen LogP contribution is -1.99. The molecule has 1 aliphatic heterocycles. The molecule has 0 spiro atoms. The number of nitrogens with zero attached hydrogens (tertiary/aromatic N) is 3. The van der Waals surface area contributed by atoms with Crippen LogP contribution in [-0.4, -0.2) is 19.3 Å². The van der Waals surface area contributed by atoms with Gasteiger partial charge in [-0.15, -0.1) is 0 Å². The summed E-state index contributed by atoms with van der Waals surface area (Å²) in [5, 5.41) is 3.48.